The predicted molar refractivity (Wildman–Crippen MR) is 104 cm³/mol. The van der Waals surface area contributed by atoms with Gasteiger partial charge in [0, 0.05) is 48.9 Å². The summed E-state index contributed by atoms with van der Waals surface area (Å²) in [5.41, 5.74) is 8.19. The molecule has 3 nitrogen and oxygen atoms in total. The van der Waals surface area contributed by atoms with Crippen molar-refractivity contribution < 1.29 is 0 Å². The van der Waals surface area contributed by atoms with Crippen LogP contribution in [0.4, 0.5) is 0 Å². The first-order valence-electron chi connectivity index (χ1n) is 9.14. The van der Waals surface area contributed by atoms with Crippen molar-refractivity contribution in [2.45, 2.75) is 12.8 Å². The van der Waals surface area contributed by atoms with Gasteiger partial charge in [-0.2, -0.15) is 11.3 Å². The van der Waals surface area contributed by atoms with Crippen LogP contribution in [0.1, 0.15) is 18.4 Å². The molecule has 4 heteroatoms. The van der Waals surface area contributed by atoms with Crippen LogP contribution in [0.5, 0.6) is 0 Å². The maximum atomic E-state index is 4.51. The van der Waals surface area contributed by atoms with Gasteiger partial charge in [-0.25, -0.2) is 0 Å². The van der Waals surface area contributed by atoms with E-state index in [1.165, 1.54) is 66.0 Å². The minimum absolute atomic E-state index is 0.802. The number of fused-ring (bicyclic) bond motifs is 1. The molecule has 128 valence electrons. The first kappa shape index (κ1) is 15.4. The molecule has 2 aliphatic heterocycles. The summed E-state index contributed by atoms with van der Waals surface area (Å²) in [6.45, 7) is 4.75. The lowest BCUT2D eigenvalue weighted by Gasteiger charge is -2.33. The molecule has 0 amide bonds. The zero-order valence-corrected chi connectivity index (χ0v) is 15.4. The number of pyridine rings is 1. The molecule has 0 radical (unpaired) electrons. The monoisotopic (exact) mass is 349 g/mol. The van der Waals surface area contributed by atoms with Crippen LogP contribution < -0.4 is 0 Å². The maximum Gasteiger partial charge on any atom is 0.0454 e. The second kappa shape index (κ2) is 6.11. The molecule has 1 fully saturated rings. The smallest absolute Gasteiger partial charge is 0.0454 e. The molecule has 4 heterocycles. The van der Waals surface area contributed by atoms with Crippen molar-refractivity contribution in [2.24, 2.45) is 5.92 Å². The molecule has 1 saturated heterocycles. The van der Waals surface area contributed by atoms with E-state index in [2.05, 4.69) is 50.8 Å². The fourth-order valence-electron chi connectivity index (χ4n) is 4.30. The molecule has 2 aromatic heterocycles. The van der Waals surface area contributed by atoms with E-state index in [1.807, 2.05) is 12.4 Å². The molecule has 1 aliphatic carbocycles. The Morgan fingerprint density at radius 2 is 2.16 bits per heavy atom. The van der Waals surface area contributed by atoms with Gasteiger partial charge in [-0.3, -0.25) is 4.98 Å². The molecule has 1 unspecified atom stereocenters. The number of likely N-dealkylation sites (tertiary alicyclic amines) is 1. The standard InChI is InChI=1S/C21H23N3S/c1-23-5-2-3-15(11-23)12-24-13-20(19-8-21(19)24)18-7-17(9-22-10-18)16-4-6-25-14-16/h4,6-10,14-15H,2-3,5,11-13H2,1H3. The number of hydrogen-bond acceptors (Lipinski definition) is 4. The largest absolute Gasteiger partial charge is 0.366 e. The van der Waals surface area contributed by atoms with Gasteiger partial charge in [-0.15, -0.1) is 0 Å². The molecule has 5 rings (SSSR count). The number of rotatable bonds is 4. The maximum absolute atomic E-state index is 4.51. The minimum atomic E-state index is 0.802. The van der Waals surface area contributed by atoms with Gasteiger partial charge < -0.3 is 9.80 Å². The van der Waals surface area contributed by atoms with Crippen LogP contribution in [-0.4, -0.2) is 48.0 Å². The molecular weight excluding hydrogens is 326 g/mol. The van der Waals surface area contributed by atoms with E-state index in [4.69, 9.17) is 0 Å². The summed E-state index contributed by atoms with van der Waals surface area (Å²) >= 11 is 1.74. The summed E-state index contributed by atoms with van der Waals surface area (Å²) in [5, 5.41) is 4.32. The minimum Gasteiger partial charge on any atom is -0.366 e. The topological polar surface area (TPSA) is 19.4 Å². The molecule has 0 spiro atoms. The third kappa shape index (κ3) is 2.94. The van der Waals surface area contributed by atoms with E-state index < -0.39 is 0 Å². The van der Waals surface area contributed by atoms with Gasteiger partial charge in [-0.05, 0) is 78.0 Å². The number of aromatic nitrogens is 1. The molecule has 1 atom stereocenters. The molecule has 3 aliphatic rings. The Labute approximate surface area is 153 Å². The van der Waals surface area contributed by atoms with E-state index in [9.17, 15) is 0 Å². The van der Waals surface area contributed by atoms with Crippen LogP contribution in [0.15, 0.2) is 52.6 Å². The third-order valence-electron chi connectivity index (χ3n) is 5.63. The average Bonchev–Trinajstić information content (AvgIpc) is 3.07. The van der Waals surface area contributed by atoms with E-state index in [-0.39, 0.29) is 0 Å². The average molecular weight is 350 g/mol. The van der Waals surface area contributed by atoms with Gasteiger partial charge in [0.05, 0.1) is 0 Å². The number of piperidine rings is 1. The van der Waals surface area contributed by atoms with E-state index in [1.54, 1.807) is 11.3 Å². The van der Waals surface area contributed by atoms with E-state index >= 15 is 0 Å². The zero-order valence-electron chi connectivity index (χ0n) is 14.6. The van der Waals surface area contributed by atoms with Crippen molar-refractivity contribution in [3.63, 3.8) is 0 Å². The zero-order chi connectivity index (χ0) is 16.8. The van der Waals surface area contributed by atoms with Crippen molar-refractivity contribution in [3.8, 4) is 11.1 Å². The van der Waals surface area contributed by atoms with Crippen molar-refractivity contribution in [1.82, 2.24) is 14.8 Å². The van der Waals surface area contributed by atoms with E-state index in [0.29, 0.717) is 0 Å². The van der Waals surface area contributed by atoms with E-state index in [0.717, 1.165) is 12.5 Å². The van der Waals surface area contributed by atoms with Gasteiger partial charge in [0.2, 0.25) is 0 Å². The lowest BCUT2D eigenvalue weighted by Crippen LogP contribution is -2.37. The second-order valence-electron chi connectivity index (χ2n) is 7.55. The third-order valence-corrected chi connectivity index (χ3v) is 6.31. The van der Waals surface area contributed by atoms with Crippen LogP contribution in [0.25, 0.3) is 16.7 Å². The molecule has 2 aromatic rings. The second-order valence-corrected chi connectivity index (χ2v) is 8.33. The summed E-state index contributed by atoms with van der Waals surface area (Å²) in [7, 11) is 2.25. The van der Waals surface area contributed by atoms with Gasteiger partial charge in [0.15, 0.2) is 0 Å². The fraction of sp³-hybridized carbons (Fsp3) is 0.381. The van der Waals surface area contributed by atoms with Gasteiger partial charge in [0.1, 0.15) is 0 Å². The Hall–Kier alpha value is -1.91. The highest BCUT2D eigenvalue weighted by molar-refractivity contribution is 7.08. The van der Waals surface area contributed by atoms with Gasteiger partial charge >= 0.3 is 0 Å². The highest BCUT2D eigenvalue weighted by Gasteiger charge is 2.36. The van der Waals surface area contributed by atoms with Crippen molar-refractivity contribution in [3.05, 3.63) is 58.2 Å². The fourth-order valence-corrected chi connectivity index (χ4v) is 4.97. The first-order valence-corrected chi connectivity index (χ1v) is 10.1. The molecular formula is C21H23N3S. The molecule has 0 aromatic carbocycles. The Morgan fingerprint density at radius 3 is 3.00 bits per heavy atom. The number of hydrogen-bond donors (Lipinski definition) is 0. The highest BCUT2D eigenvalue weighted by Crippen LogP contribution is 2.45. The van der Waals surface area contributed by atoms with Crippen molar-refractivity contribution >= 4 is 16.9 Å². The summed E-state index contributed by atoms with van der Waals surface area (Å²) in [6.07, 6.45) is 9.06. The Morgan fingerprint density at radius 1 is 1.24 bits per heavy atom. The number of nitrogens with zero attached hydrogens (tertiary/aromatic N) is 3. The van der Waals surface area contributed by atoms with Crippen LogP contribution in [0, 0.1) is 5.92 Å². The van der Waals surface area contributed by atoms with Gasteiger partial charge in [-0.1, -0.05) is 0 Å². The highest BCUT2D eigenvalue weighted by atomic mass is 32.1. The van der Waals surface area contributed by atoms with Crippen molar-refractivity contribution in [1.29, 1.82) is 0 Å². The number of allylic oxidation sites excluding steroid dienone is 2. The summed E-state index contributed by atoms with van der Waals surface area (Å²) in [6, 6.07) is 4.48. The molecule has 0 N–H and O–H groups in total. The SMILES string of the molecule is CN1CCCC(CN2CC(c3cncc(-c4ccsc4)c3)=C3C=C32)C1. The lowest BCUT2D eigenvalue weighted by atomic mass is 9.97. The summed E-state index contributed by atoms with van der Waals surface area (Å²) in [4.78, 5) is 9.58. The van der Waals surface area contributed by atoms with Crippen LogP contribution in [0.3, 0.4) is 0 Å². The predicted octanol–water partition coefficient (Wildman–Crippen LogP) is 4.12. The quantitative estimate of drug-likeness (QED) is 0.828. The van der Waals surface area contributed by atoms with Crippen LogP contribution in [0.2, 0.25) is 0 Å². The lowest BCUT2D eigenvalue weighted by molar-refractivity contribution is 0.180. The Kier molecular flexibility index (Phi) is 3.75. The van der Waals surface area contributed by atoms with Crippen LogP contribution in [-0.2, 0) is 0 Å². The Balaban J connectivity index is 1.32. The molecule has 0 saturated carbocycles. The molecule has 0 bridgehead atoms. The normalized spacial score (nSPS) is 23.0. The van der Waals surface area contributed by atoms with Gasteiger partial charge in [0.25, 0.3) is 0 Å². The summed E-state index contributed by atoms with van der Waals surface area (Å²) < 4.78 is 0. The van der Waals surface area contributed by atoms with Crippen molar-refractivity contribution in [2.75, 3.05) is 33.2 Å². The molecule has 25 heavy (non-hydrogen) atoms. The van der Waals surface area contributed by atoms with Crippen LogP contribution >= 0.6 is 11.3 Å². The number of thiophene rings is 1. The first-order chi connectivity index (χ1) is 12.3. The Bertz CT molecular complexity index is 850. The summed E-state index contributed by atoms with van der Waals surface area (Å²) in [5.74, 6) is 0.802.